The first-order chi connectivity index (χ1) is 7.70. The molecule has 2 rings (SSSR count). The van der Waals surface area contributed by atoms with Crippen molar-refractivity contribution in [1.82, 2.24) is 15.1 Å². The summed E-state index contributed by atoms with van der Waals surface area (Å²) in [6, 6.07) is 1.86. The first kappa shape index (κ1) is 11.2. The van der Waals surface area contributed by atoms with Gasteiger partial charge in [-0.25, -0.2) is 0 Å². The van der Waals surface area contributed by atoms with E-state index >= 15 is 0 Å². The number of rotatable bonds is 3. The molecule has 2 heterocycles. The van der Waals surface area contributed by atoms with E-state index in [0.717, 1.165) is 10.0 Å². The van der Waals surface area contributed by atoms with Gasteiger partial charge in [-0.05, 0) is 28.9 Å². The van der Waals surface area contributed by atoms with Crippen LogP contribution in [0.3, 0.4) is 0 Å². The minimum Gasteiger partial charge on any atom is -0.374 e. The maximum Gasteiger partial charge on any atom is 0.259 e. The van der Waals surface area contributed by atoms with Gasteiger partial charge in [0.1, 0.15) is 6.10 Å². The fourth-order valence-corrected chi connectivity index (χ4v) is 1.52. The normalized spacial score (nSPS) is 12.7. The first-order valence-electron chi connectivity index (χ1n) is 4.68. The summed E-state index contributed by atoms with van der Waals surface area (Å²) in [5, 5.41) is 3.84. The van der Waals surface area contributed by atoms with Crippen LogP contribution in [0.25, 0.3) is 11.5 Å². The molecule has 0 radical (unpaired) electrons. The quantitative estimate of drug-likeness (QED) is 0.867. The molecule has 0 N–H and O–H groups in total. The van der Waals surface area contributed by atoms with E-state index in [1.54, 1.807) is 19.5 Å². The summed E-state index contributed by atoms with van der Waals surface area (Å²) in [7, 11) is 1.60. The molecular weight excluding hydrogens is 274 g/mol. The largest absolute Gasteiger partial charge is 0.374 e. The monoisotopic (exact) mass is 283 g/mol. The van der Waals surface area contributed by atoms with E-state index in [4.69, 9.17) is 9.26 Å². The van der Waals surface area contributed by atoms with Gasteiger partial charge >= 0.3 is 0 Å². The molecule has 16 heavy (non-hydrogen) atoms. The second kappa shape index (κ2) is 4.71. The highest BCUT2D eigenvalue weighted by atomic mass is 79.9. The average molecular weight is 284 g/mol. The molecule has 0 saturated carbocycles. The molecular formula is C10H10BrN3O2. The lowest BCUT2D eigenvalue weighted by atomic mass is 10.3. The summed E-state index contributed by atoms with van der Waals surface area (Å²) >= 11 is 3.33. The number of hydrogen-bond donors (Lipinski definition) is 0. The highest BCUT2D eigenvalue weighted by Gasteiger charge is 2.14. The Hall–Kier alpha value is -1.27. The van der Waals surface area contributed by atoms with E-state index in [0.29, 0.717) is 11.7 Å². The van der Waals surface area contributed by atoms with Crippen molar-refractivity contribution in [2.45, 2.75) is 13.0 Å². The molecule has 1 unspecified atom stereocenters. The van der Waals surface area contributed by atoms with Gasteiger partial charge in [-0.1, -0.05) is 5.16 Å². The number of methoxy groups -OCH3 is 1. The zero-order chi connectivity index (χ0) is 11.5. The average Bonchev–Trinajstić information content (AvgIpc) is 2.77. The van der Waals surface area contributed by atoms with Crippen molar-refractivity contribution in [3.63, 3.8) is 0 Å². The summed E-state index contributed by atoms with van der Waals surface area (Å²) in [5.74, 6) is 0.963. The fourth-order valence-electron chi connectivity index (χ4n) is 1.15. The molecule has 2 aromatic rings. The second-order valence-electron chi connectivity index (χ2n) is 3.23. The standard InChI is InChI=1S/C10H10BrN3O2/c1-6(15-2)9-13-10(16-14-9)7-3-8(11)5-12-4-7/h3-6H,1-2H3. The van der Waals surface area contributed by atoms with Gasteiger partial charge in [0.05, 0.1) is 5.56 Å². The third-order valence-electron chi connectivity index (χ3n) is 2.11. The van der Waals surface area contributed by atoms with Crippen LogP contribution in [0.2, 0.25) is 0 Å². The maximum absolute atomic E-state index is 5.13. The highest BCUT2D eigenvalue weighted by Crippen LogP contribution is 2.22. The van der Waals surface area contributed by atoms with E-state index in [2.05, 4.69) is 31.1 Å². The lowest BCUT2D eigenvalue weighted by Crippen LogP contribution is -1.97. The van der Waals surface area contributed by atoms with Gasteiger partial charge in [0.15, 0.2) is 0 Å². The molecule has 0 bridgehead atoms. The SMILES string of the molecule is COC(C)c1noc(-c2cncc(Br)c2)n1. The molecule has 0 amide bonds. The highest BCUT2D eigenvalue weighted by molar-refractivity contribution is 9.10. The maximum atomic E-state index is 5.13. The van der Waals surface area contributed by atoms with Crippen LogP contribution in [0.1, 0.15) is 18.9 Å². The van der Waals surface area contributed by atoms with E-state index in [1.165, 1.54) is 0 Å². The summed E-state index contributed by atoms with van der Waals surface area (Å²) in [6.07, 6.45) is 3.18. The minimum absolute atomic E-state index is 0.183. The number of halogens is 1. The van der Waals surface area contributed by atoms with Crippen LogP contribution in [0.15, 0.2) is 27.5 Å². The van der Waals surface area contributed by atoms with Gasteiger partial charge in [-0.2, -0.15) is 4.98 Å². The van der Waals surface area contributed by atoms with Crippen LogP contribution in [0, 0.1) is 0 Å². The van der Waals surface area contributed by atoms with Crippen LogP contribution >= 0.6 is 15.9 Å². The van der Waals surface area contributed by atoms with Crippen LogP contribution in [-0.2, 0) is 4.74 Å². The number of hydrogen-bond acceptors (Lipinski definition) is 5. The smallest absolute Gasteiger partial charge is 0.259 e. The Balaban J connectivity index is 2.31. The fraction of sp³-hybridized carbons (Fsp3) is 0.300. The number of nitrogens with zero attached hydrogens (tertiary/aromatic N) is 3. The molecule has 1 atom stereocenters. The minimum atomic E-state index is -0.183. The van der Waals surface area contributed by atoms with E-state index < -0.39 is 0 Å². The van der Waals surface area contributed by atoms with Crippen molar-refractivity contribution >= 4 is 15.9 Å². The van der Waals surface area contributed by atoms with E-state index in [9.17, 15) is 0 Å². The topological polar surface area (TPSA) is 61.0 Å². The Labute approximate surface area is 101 Å². The van der Waals surface area contributed by atoms with Crippen molar-refractivity contribution in [2.75, 3.05) is 7.11 Å². The molecule has 84 valence electrons. The Morgan fingerprint density at radius 3 is 2.94 bits per heavy atom. The number of pyridine rings is 1. The predicted octanol–water partition coefficient (Wildman–Crippen LogP) is 2.60. The van der Waals surface area contributed by atoms with Crippen molar-refractivity contribution < 1.29 is 9.26 Å². The second-order valence-corrected chi connectivity index (χ2v) is 4.14. The van der Waals surface area contributed by atoms with E-state index in [-0.39, 0.29) is 6.10 Å². The van der Waals surface area contributed by atoms with Crippen LogP contribution in [-0.4, -0.2) is 22.2 Å². The molecule has 0 aliphatic heterocycles. The van der Waals surface area contributed by atoms with Crippen molar-refractivity contribution in [3.05, 3.63) is 28.8 Å². The molecule has 0 aromatic carbocycles. The van der Waals surface area contributed by atoms with Crippen LogP contribution in [0.5, 0.6) is 0 Å². The third kappa shape index (κ3) is 2.28. The molecule has 0 saturated heterocycles. The molecule has 0 spiro atoms. The zero-order valence-electron chi connectivity index (χ0n) is 8.85. The summed E-state index contributed by atoms with van der Waals surface area (Å²) in [6.45, 7) is 1.85. The lowest BCUT2D eigenvalue weighted by Gasteiger charge is -2.00. The number of ether oxygens (including phenoxy) is 1. The molecule has 5 nitrogen and oxygen atoms in total. The van der Waals surface area contributed by atoms with Gasteiger partial charge in [0.25, 0.3) is 5.89 Å². The molecule has 0 aliphatic carbocycles. The Morgan fingerprint density at radius 2 is 2.25 bits per heavy atom. The first-order valence-corrected chi connectivity index (χ1v) is 5.47. The molecule has 6 heteroatoms. The summed E-state index contributed by atoms with van der Waals surface area (Å²) < 4.78 is 11.1. The summed E-state index contributed by atoms with van der Waals surface area (Å²) in [5.41, 5.74) is 0.774. The van der Waals surface area contributed by atoms with Crippen LogP contribution < -0.4 is 0 Å². The Bertz CT molecular complexity index is 486. The number of aromatic nitrogens is 3. The Morgan fingerprint density at radius 1 is 1.44 bits per heavy atom. The Kier molecular flexibility index (Phi) is 3.31. The predicted molar refractivity (Wildman–Crippen MR) is 60.7 cm³/mol. The lowest BCUT2D eigenvalue weighted by molar-refractivity contribution is 0.109. The van der Waals surface area contributed by atoms with Gasteiger partial charge in [0, 0.05) is 24.0 Å². The van der Waals surface area contributed by atoms with Gasteiger partial charge in [-0.3, -0.25) is 4.98 Å². The summed E-state index contributed by atoms with van der Waals surface area (Å²) in [4.78, 5) is 8.26. The molecule has 0 fully saturated rings. The van der Waals surface area contributed by atoms with E-state index in [1.807, 2.05) is 13.0 Å². The zero-order valence-corrected chi connectivity index (χ0v) is 10.4. The molecule has 0 aliphatic rings. The molecule has 2 aromatic heterocycles. The van der Waals surface area contributed by atoms with Crippen molar-refractivity contribution in [2.24, 2.45) is 0 Å². The van der Waals surface area contributed by atoms with Crippen molar-refractivity contribution in [3.8, 4) is 11.5 Å². The van der Waals surface area contributed by atoms with Crippen molar-refractivity contribution in [1.29, 1.82) is 0 Å². The van der Waals surface area contributed by atoms with Crippen LogP contribution in [0.4, 0.5) is 0 Å². The van der Waals surface area contributed by atoms with Gasteiger partial charge < -0.3 is 9.26 Å². The van der Waals surface area contributed by atoms with Gasteiger partial charge in [-0.15, -0.1) is 0 Å². The van der Waals surface area contributed by atoms with Gasteiger partial charge in [0.2, 0.25) is 5.82 Å². The third-order valence-corrected chi connectivity index (χ3v) is 2.54.